The molecule has 4 aromatic rings. The quantitative estimate of drug-likeness (QED) is 0.223. The van der Waals surface area contributed by atoms with E-state index in [2.05, 4.69) is 38.0 Å². The summed E-state index contributed by atoms with van der Waals surface area (Å²) in [6.45, 7) is 0. The molecule has 1 saturated carbocycles. The van der Waals surface area contributed by atoms with Crippen molar-refractivity contribution < 1.29 is 14.3 Å². The molecule has 2 fully saturated rings. The topological polar surface area (TPSA) is 68.6 Å². The number of anilines is 1. The molecule has 8 heteroatoms. The first kappa shape index (κ1) is 25.1. The number of nitrogens with zero attached hydrogens (tertiary/aromatic N) is 3. The molecule has 2 aliphatic rings. The Labute approximate surface area is 233 Å². The van der Waals surface area contributed by atoms with Gasteiger partial charge in [0.1, 0.15) is 11.8 Å². The molecule has 0 amide bonds. The monoisotopic (exact) mass is 538 g/mol. The second-order valence-corrected chi connectivity index (χ2v) is 10.2. The van der Waals surface area contributed by atoms with E-state index in [1.165, 1.54) is 20.0 Å². The lowest BCUT2D eigenvalue weighted by molar-refractivity contribution is 0.0600. The zero-order valence-electron chi connectivity index (χ0n) is 21.7. The number of aromatic nitrogens is 2. The predicted octanol–water partition coefficient (Wildman–Crippen LogP) is 6.16. The minimum absolute atomic E-state index is 0.189. The van der Waals surface area contributed by atoms with Gasteiger partial charge in [-0.15, -0.1) is 0 Å². The summed E-state index contributed by atoms with van der Waals surface area (Å²) in [4.78, 5) is 19.1. The minimum Gasteiger partial charge on any atom is -0.490 e. The fourth-order valence-electron chi connectivity index (χ4n) is 5.59. The average molecular weight is 539 g/mol. The van der Waals surface area contributed by atoms with E-state index in [9.17, 15) is 4.79 Å². The highest BCUT2D eigenvalue weighted by molar-refractivity contribution is 7.80. The van der Waals surface area contributed by atoms with Crippen molar-refractivity contribution in [2.24, 2.45) is 0 Å². The summed E-state index contributed by atoms with van der Waals surface area (Å²) < 4.78 is 13.2. The van der Waals surface area contributed by atoms with Crippen molar-refractivity contribution >= 4 is 29.0 Å². The van der Waals surface area contributed by atoms with Crippen LogP contribution in [0.5, 0.6) is 5.75 Å². The van der Waals surface area contributed by atoms with Crippen LogP contribution in [-0.2, 0) is 4.74 Å². The molecule has 7 nitrogen and oxygen atoms in total. The zero-order chi connectivity index (χ0) is 26.8. The second kappa shape index (κ2) is 10.9. The van der Waals surface area contributed by atoms with Crippen molar-refractivity contribution in [2.75, 3.05) is 12.0 Å². The van der Waals surface area contributed by atoms with Crippen LogP contribution in [0.2, 0.25) is 0 Å². The number of hydrogen-bond donors (Lipinski definition) is 1. The SMILES string of the molecule is COC(=O)c1cccc(-n2cccc2[C@@H]2[C@H](c3ccccn3)NC(=S)N2c2ccc(OC3CCCC3)cc2)c1. The maximum atomic E-state index is 12.2. The third-order valence-corrected chi connectivity index (χ3v) is 7.76. The first-order valence-electron chi connectivity index (χ1n) is 13.3. The summed E-state index contributed by atoms with van der Waals surface area (Å²) in [6, 6.07) is 25.2. The minimum atomic E-state index is -0.373. The van der Waals surface area contributed by atoms with E-state index in [-0.39, 0.29) is 18.1 Å². The zero-order valence-corrected chi connectivity index (χ0v) is 22.5. The number of nitrogens with one attached hydrogen (secondary N) is 1. The van der Waals surface area contributed by atoms with Crippen LogP contribution in [0.15, 0.2) is 91.3 Å². The van der Waals surface area contributed by atoms with Crippen LogP contribution >= 0.6 is 12.2 Å². The number of hydrogen-bond acceptors (Lipinski definition) is 5. The summed E-state index contributed by atoms with van der Waals surface area (Å²) >= 11 is 5.92. The van der Waals surface area contributed by atoms with Gasteiger partial charge in [0.2, 0.25) is 0 Å². The molecule has 1 aliphatic carbocycles. The van der Waals surface area contributed by atoms with Gasteiger partial charge in [0.15, 0.2) is 5.11 Å². The standard InChI is InChI=1S/C31H30N4O3S/c1-37-30(36)21-8-6-9-23(20-21)34-19-7-13-27(34)29-28(26-12-4-5-18-32-26)33-31(39)35(29)22-14-16-25(17-15-22)38-24-10-2-3-11-24/h4-9,12-20,24,28-29H,2-3,10-11H2,1H3,(H,33,39)/t28-,29+/m0/s1. The van der Waals surface area contributed by atoms with Crippen molar-refractivity contribution in [1.29, 1.82) is 0 Å². The lowest BCUT2D eigenvalue weighted by Crippen LogP contribution is -2.30. The molecule has 0 radical (unpaired) electrons. The van der Waals surface area contributed by atoms with E-state index in [1.54, 1.807) is 12.3 Å². The van der Waals surface area contributed by atoms with E-state index >= 15 is 0 Å². The Morgan fingerprint density at radius 3 is 2.54 bits per heavy atom. The molecule has 0 spiro atoms. The van der Waals surface area contributed by atoms with Gasteiger partial charge in [-0.25, -0.2) is 4.79 Å². The van der Waals surface area contributed by atoms with Crippen LogP contribution in [-0.4, -0.2) is 33.8 Å². The van der Waals surface area contributed by atoms with Crippen molar-refractivity contribution in [2.45, 2.75) is 43.9 Å². The highest BCUT2D eigenvalue weighted by Gasteiger charge is 2.42. The molecule has 1 aliphatic heterocycles. The van der Waals surface area contributed by atoms with E-state index in [4.69, 9.17) is 21.7 Å². The van der Waals surface area contributed by atoms with Gasteiger partial charge in [-0.3, -0.25) is 4.98 Å². The van der Waals surface area contributed by atoms with Gasteiger partial charge in [0.05, 0.1) is 30.5 Å². The smallest absolute Gasteiger partial charge is 0.337 e. The molecule has 0 bridgehead atoms. The van der Waals surface area contributed by atoms with E-state index < -0.39 is 0 Å². The predicted molar refractivity (Wildman–Crippen MR) is 154 cm³/mol. The first-order valence-corrected chi connectivity index (χ1v) is 13.7. The molecule has 2 aromatic carbocycles. The summed E-state index contributed by atoms with van der Waals surface area (Å²) in [7, 11) is 1.39. The summed E-state index contributed by atoms with van der Waals surface area (Å²) in [5, 5.41) is 4.15. The first-order chi connectivity index (χ1) is 19.1. The van der Waals surface area contributed by atoms with Gasteiger partial charge in [-0.1, -0.05) is 12.1 Å². The fraction of sp³-hybridized carbons (Fsp3) is 0.258. The number of carbonyl (C=O) groups is 1. The Kier molecular flexibility index (Phi) is 7.02. The maximum absolute atomic E-state index is 12.2. The number of pyridine rings is 1. The molecule has 1 N–H and O–H groups in total. The summed E-state index contributed by atoms with van der Waals surface area (Å²) in [5.41, 5.74) is 4.21. The molecule has 198 valence electrons. The maximum Gasteiger partial charge on any atom is 0.337 e. The molecule has 1 saturated heterocycles. The Hall–Kier alpha value is -4.17. The van der Waals surface area contributed by atoms with Crippen molar-refractivity contribution in [3.63, 3.8) is 0 Å². The van der Waals surface area contributed by atoms with Crippen LogP contribution in [0.25, 0.3) is 5.69 Å². The number of thiocarbonyl (C=S) groups is 1. The van der Waals surface area contributed by atoms with Gasteiger partial charge < -0.3 is 24.3 Å². The molecule has 0 unspecified atom stereocenters. The van der Waals surface area contributed by atoms with Gasteiger partial charge in [-0.05, 0) is 105 Å². The molecular formula is C31H30N4O3S. The number of benzene rings is 2. The van der Waals surface area contributed by atoms with Crippen molar-refractivity contribution in [3.05, 3.63) is 108 Å². The Balaban J connectivity index is 1.40. The Morgan fingerprint density at radius 1 is 0.974 bits per heavy atom. The molecule has 6 rings (SSSR count). The largest absolute Gasteiger partial charge is 0.490 e. The molecule has 39 heavy (non-hydrogen) atoms. The number of esters is 1. The number of ether oxygens (including phenoxy) is 2. The van der Waals surface area contributed by atoms with Gasteiger partial charge in [0, 0.05) is 29.5 Å². The summed E-state index contributed by atoms with van der Waals surface area (Å²) in [5.74, 6) is 0.506. The normalized spacial score (nSPS) is 19.2. The highest BCUT2D eigenvalue weighted by Crippen LogP contribution is 2.42. The average Bonchev–Trinajstić information content (AvgIpc) is 3.74. The molecule has 2 aromatic heterocycles. The van der Waals surface area contributed by atoms with Crippen LogP contribution < -0.4 is 15.0 Å². The third kappa shape index (κ3) is 5.00. The van der Waals surface area contributed by atoms with Crippen molar-refractivity contribution in [1.82, 2.24) is 14.9 Å². The van der Waals surface area contributed by atoms with Crippen LogP contribution in [0.3, 0.4) is 0 Å². The fourth-order valence-corrected chi connectivity index (χ4v) is 5.93. The van der Waals surface area contributed by atoms with Gasteiger partial charge in [-0.2, -0.15) is 0 Å². The van der Waals surface area contributed by atoms with Crippen LogP contribution in [0, 0.1) is 0 Å². The molecular weight excluding hydrogens is 508 g/mol. The van der Waals surface area contributed by atoms with E-state index in [0.29, 0.717) is 16.8 Å². The Bertz CT molecular complexity index is 1460. The van der Waals surface area contributed by atoms with Crippen molar-refractivity contribution in [3.8, 4) is 11.4 Å². The molecule has 3 heterocycles. The number of carbonyl (C=O) groups excluding carboxylic acids is 1. The van der Waals surface area contributed by atoms with Crippen LogP contribution in [0.1, 0.15) is 59.5 Å². The van der Waals surface area contributed by atoms with E-state index in [1.807, 2.05) is 60.8 Å². The van der Waals surface area contributed by atoms with Gasteiger partial charge in [0.25, 0.3) is 0 Å². The number of methoxy groups -OCH3 is 1. The van der Waals surface area contributed by atoms with Crippen LogP contribution in [0.4, 0.5) is 5.69 Å². The molecule has 2 atom stereocenters. The number of rotatable bonds is 7. The lowest BCUT2D eigenvalue weighted by atomic mass is 10.0. The van der Waals surface area contributed by atoms with E-state index in [0.717, 1.165) is 41.4 Å². The Morgan fingerprint density at radius 2 is 1.79 bits per heavy atom. The van der Waals surface area contributed by atoms with Gasteiger partial charge >= 0.3 is 5.97 Å². The lowest BCUT2D eigenvalue weighted by Gasteiger charge is -2.29. The summed E-state index contributed by atoms with van der Waals surface area (Å²) in [6.07, 6.45) is 8.79. The highest BCUT2D eigenvalue weighted by atomic mass is 32.1. The second-order valence-electron chi connectivity index (χ2n) is 9.86. The third-order valence-electron chi connectivity index (χ3n) is 7.45.